The van der Waals surface area contributed by atoms with E-state index >= 15 is 0 Å². The molecule has 3 aromatic heterocycles. The van der Waals surface area contributed by atoms with Gasteiger partial charge in [0.05, 0.1) is 13.2 Å². The average Bonchev–Trinajstić information content (AvgIpc) is 3.27. The van der Waals surface area contributed by atoms with E-state index in [0.29, 0.717) is 37.4 Å². The summed E-state index contributed by atoms with van der Waals surface area (Å²) < 4.78 is 62.3. The third kappa shape index (κ3) is 4.17. The maximum Gasteiger partial charge on any atom is 0.291 e. The second-order valence-electron chi connectivity index (χ2n) is 6.10. The van der Waals surface area contributed by atoms with Gasteiger partial charge in [0.25, 0.3) is 15.5 Å². The zero-order valence-electron chi connectivity index (χ0n) is 14.4. The molecule has 1 fully saturated rings. The summed E-state index contributed by atoms with van der Waals surface area (Å²) >= 11 is 6.90. The molecule has 4 heterocycles. The number of halogens is 4. The molecule has 0 bridgehead atoms. The van der Waals surface area contributed by atoms with Gasteiger partial charge in [0, 0.05) is 35.8 Å². The molecule has 14 heteroatoms. The highest BCUT2D eigenvalue weighted by Crippen LogP contribution is 2.37. The van der Waals surface area contributed by atoms with E-state index in [0.717, 1.165) is 0 Å². The van der Waals surface area contributed by atoms with Crippen LogP contribution in [0.5, 0.6) is 5.75 Å². The number of rotatable bonds is 5. The molecule has 0 amide bonds. The van der Waals surface area contributed by atoms with Gasteiger partial charge in [-0.25, -0.2) is 22.2 Å². The molecule has 3 aromatic rings. The van der Waals surface area contributed by atoms with Crippen LogP contribution < -0.4 is 4.74 Å². The van der Waals surface area contributed by atoms with Crippen LogP contribution in [0.2, 0.25) is 5.15 Å². The van der Waals surface area contributed by atoms with Crippen molar-refractivity contribution in [3.8, 4) is 16.6 Å². The topological polar surface area (TPSA) is 95.7 Å². The Kier molecular flexibility index (Phi) is 5.64. The molecule has 0 radical (unpaired) electrons. The molecule has 0 saturated carbocycles. The molecule has 1 aliphatic heterocycles. The number of pyridine rings is 1. The van der Waals surface area contributed by atoms with Gasteiger partial charge in [0.15, 0.2) is 21.0 Å². The number of hydrogen-bond donors (Lipinski definition) is 0. The summed E-state index contributed by atoms with van der Waals surface area (Å²) in [7, 11) is 1.40. The van der Waals surface area contributed by atoms with E-state index in [1.165, 1.54) is 16.7 Å². The smallest absolute Gasteiger partial charge is 0.291 e. The Morgan fingerprint density at radius 3 is 2.66 bits per heavy atom. The lowest BCUT2D eigenvalue weighted by molar-refractivity contribution is 0.0259. The first-order valence-corrected chi connectivity index (χ1v) is 11.8. The Balaban J connectivity index is 1.89. The van der Waals surface area contributed by atoms with Gasteiger partial charge >= 0.3 is 0 Å². The number of alkyl halides is 2. The molecule has 0 spiro atoms. The van der Waals surface area contributed by atoms with E-state index in [2.05, 4.69) is 15.2 Å². The highest BCUT2D eigenvalue weighted by Gasteiger charge is 2.26. The summed E-state index contributed by atoms with van der Waals surface area (Å²) in [5.74, 6) is 0.203. The number of ether oxygens (including phenoxy) is 2. The average molecular weight is 485 g/mol. The molecule has 1 aliphatic rings. The summed E-state index contributed by atoms with van der Waals surface area (Å²) in [5.41, 5.74) is 0.269. The van der Waals surface area contributed by atoms with Gasteiger partial charge in [-0.2, -0.15) is 0 Å². The molecule has 4 rings (SSSR count). The van der Waals surface area contributed by atoms with Crippen molar-refractivity contribution in [3.63, 3.8) is 0 Å². The highest BCUT2D eigenvalue weighted by molar-refractivity contribution is 8.13. The standard InChI is InChI=1S/C15H12Cl2F2N4O4S2/c16-11-10-9(27-7-1-3-26-4-2-7)5-8(29(17,24)25)6-23(10)13(20-11)15-22-21-14(28-15)12(18)19/h5-7,12H,1-4H2. The van der Waals surface area contributed by atoms with Crippen molar-refractivity contribution in [2.24, 2.45) is 0 Å². The first kappa shape index (κ1) is 20.7. The Labute approximate surface area is 176 Å². The summed E-state index contributed by atoms with van der Waals surface area (Å²) in [6, 6.07) is 1.26. The van der Waals surface area contributed by atoms with Crippen LogP contribution in [0.4, 0.5) is 8.78 Å². The van der Waals surface area contributed by atoms with Crippen molar-refractivity contribution in [2.45, 2.75) is 30.3 Å². The molecule has 0 aliphatic carbocycles. The molecule has 156 valence electrons. The normalized spacial score (nSPS) is 16.0. The number of aromatic nitrogens is 4. The van der Waals surface area contributed by atoms with E-state index in [1.807, 2.05) is 0 Å². The van der Waals surface area contributed by atoms with E-state index < -0.39 is 20.5 Å². The maximum atomic E-state index is 12.9. The van der Waals surface area contributed by atoms with Crippen molar-refractivity contribution in [1.29, 1.82) is 0 Å². The molecule has 0 aromatic carbocycles. The number of fused-ring (bicyclic) bond motifs is 1. The van der Waals surface area contributed by atoms with Gasteiger partial charge in [-0.1, -0.05) is 22.9 Å². The third-order valence-electron chi connectivity index (χ3n) is 4.19. The van der Waals surface area contributed by atoms with Crippen LogP contribution >= 0.6 is 33.6 Å². The van der Waals surface area contributed by atoms with Gasteiger partial charge in [0.1, 0.15) is 22.3 Å². The number of hydrogen-bond acceptors (Lipinski definition) is 8. The van der Waals surface area contributed by atoms with Crippen LogP contribution in [0.3, 0.4) is 0 Å². The minimum absolute atomic E-state index is 0.00521. The van der Waals surface area contributed by atoms with Gasteiger partial charge < -0.3 is 9.47 Å². The second kappa shape index (κ2) is 7.91. The Morgan fingerprint density at radius 2 is 2.03 bits per heavy atom. The van der Waals surface area contributed by atoms with Crippen LogP contribution in [-0.2, 0) is 13.8 Å². The zero-order valence-corrected chi connectivity index (χ0v) is 17.5. The highest BCUT2D eigenvalue weighted by atomic mass is 35.7. The van der Waals surface area contributed by atoms with Crippen molar-refractivity contribution in [3.05, 3.63) is 22.4 Å². The molecule has 0 unspecified atom stereocenters. The fourth-order valence-corrected chi connectivity index (χ4v) is 4.56. The molecular formula is C15H12Cl2F2N4O4S2. The number of nitrogens with zero attached hydrogens (tertiary/aromatic N) is 4. The van der Waals surface area contributed by atoms with Crippen molar-refractivity contribution in [2.75, 3.05) is 13.2 Å². The monoisotopic (exact) mass is 484 g/mol. The predicted molar refractivity (Wildman–Crippen MR) is 102 cm³/mol. The van der Waals surface area contributed by atoms with Crippen LogP contribution in [-0.4, -0.2) is 47.3 Å². The van der Waals surface area contributed by atoms with E-state index in [1.54, 1.807) is 0 Å². The quantitative estimate of drug-likeness (QED) is 0.506. The molecule has 29 heavy (non-hydrogen) atoms. The second-order valence-corrected chi connectivity index (χ2v) is 10.0. The Hall–Kier alpha value is -1.60. The fraction of sp³-hybridized carbons (Fsp3) is 0.400. The lowest BCUT2D eigenvalue weighted by Crippen LogP contribution is -2.26. The molecule has 1 saturated heterocycles. The van der Waals surface area contributed by atoms with E-state index in [-0.39, 0.29) is 38.3 Å². The Morgan fingerprint density at radius 1 is 1.31 bits per heavy atom. The van der Waals surface area contributed by atoms with Crippen LogP contribution in [0.15, 0.2) is 17.2 Å². The third-order valence-corrected chi connectivity index (χ3v) is 6.70. The van der Waals surface area contributed by atoms with E-state index in [4.69, 9.17) is 31.8 Å². The van der Waals surface area contributed by atoms with Crippen molar-refractivity contribution in [1.82, 2.24) is 19.6 Å². The number of imidazole rings is 1. The SMILES string of the molecule is O=S(=O)(Cl)c1cc(OC2CCOCC2)c2c(Cl)nc(-c3nnc(C(F)F)s3)n2c1. The van der Waals surface area contributed by atoms with Crippen LogP contribution in [0.1, 0.15) is 24.3 Å². The summed E-state index contributed by atoms with van der Waals surface area (Å²) in [5, 5.41) is 6.69. The van der Waals surface area contributed by atoms with Gasteiger partial charge in [-0.05, 0) is 0 Å². The van der Waals surface area contributed by atoms with Gasteiger partial charge in [-0.15, -0.1) is 10.2 Å². The predicted octanol–water partition coefficient (Wildman–Crippen LogP) is 3.93. The van der Waals surface area contributed by atoms with E-state index in [9.17, 15) is 17.2 Å². The molecular weight excluding hydrogens is 473 g/mol. The lowest BCUT2D eigenvalue weighted by atomic mass is 10.1. The van der Waals surface area contributed by atoms with Crippen LogP contribution in [0, 0.1) is 0 Å². The molecule has 0 atom stereocenters. The first-order chi connectivity index (χ1) is 13.7. The minimum Gasteiger partial charge on any atom is -0.488 e. The lowest BCUT2D eigenvalue weighted by Gasteiger charge is -2.24. The zero-order chi connectivity index (χ0) is 20.8. The maximum absolute atomic E-state index is 12.9. The van der Waals surface area contributed by atoms with Crippen LogP contribution in [0.25, 0.3) is 16.3 Å². The van der Waals surface area contributed by atoms with Gasteiger partial charge in [0.2, 0.25) is 0 Å². The Bertz CT molecular complexity index is 1160. The summed E-state index contributed by atoms with van der Waals surface area (Å²) in [4.78, 5) is 3.90. The largest absolute Gasteiger partial charge is 0.488 e. The molecule has 8 nitrogen and oxygen atoms in total. The summed E-state index contributed by atoms with van der Waals surface area (Å²) in [6.07, 6.45) is -0.615. The first-order valence-electron chi connectivity index (χ1n) is 8.26. The fourth-order valence-electron chi connectivity index (χ4n) is 2.87. The minimum atomic E-state index is -4.13. The van der Waals surface area contributed by atoms with Crippen molar-refractivity contribution < 1.29 is 26.7 Å². The molecule has 0 N–H and O–H groups in total. The van der Waals surface area contributed by atoms with Gasteiger partial charge in [-0.3, -0.25) is 4.40 Å². The summed E-state index contributed by atoms with van der Waals surface area (Å²) in [6.45, 7) is 1.02. The van der Waals surface area contributed by atoms with Crippen molar-refractivity contribution >= 4 is 48.2 Å².